The molecule has 3 atom stereocenters. The van der Waals surface area contributed by atoms with Crippen LogP contribution in [0.15, 0.2) is 12.1 Å². The summed E-state index contributed by atoms with van der Waals surface area (Å²) in [7, 11) is -1.73. The Hall–Kier alpha value is -0.800. The largest absolute Gasteiger partial charge is 0.482 e. The number of halogens is 4. The van der Waals surface area contributed by atoms with Crippen molar-refractivity contribution in [3.05, 3.63) is 29.3 Å². The predicted octanol–water partition coefficient (Wildman–Crippen LogP) is 3.37. The first-order valence-corrected chi connectivity index (χ1v) is 7.99. The fourth-order valence-electron chi connectivity index (χ4n) is 1.92. The Labute approximate surface area is 134 Å². The highest BCUT2D eigenvalue weighted by atomic mass is 32.2. The Balaban J connectivity index is 2.96. The van der Waals surface area contributed by atoms with Gasteiger partial charge in [0.05, 0.1) is 4.08 Å². The van der Waals surface area contributed by atoms with Gasteiger partial charge in [-0.3, -0.25) is 5.14 Å². The number of hydrogen-bond donors (Lipinski definition) is 2. The molecule has 1 aromatic carbocycles. The van der Waals surface area contributed by atoms with Gasteiger partial charge in [-0.25, -0.2) is 21.8 Å². The molecule has 0 fully saturated rings. The standard InChI is InChI=1S/C13H17F4NO2S2/c1-7(5-13(2,21)22(18)19)8-3-9(14)12(10(15)4-8)20-6-11(16)17/h3-4,7,11,21H,5-6,18H2,1-2H3. The van der Waals surface area contributed by atoms with Crippen LogP contribution in [0.2, 0.25) is 0 Å². The Morgan fingerprint density at radius 1 is 1.36 bits per heavy atom. The zero-order chi connectivity index (χ0) is 17.1. The van der Waals surface area contributed by atoms with E-state index in [4.69, 9.17) is 5.14 Å². The number of thiol groups is 1. The number of ether oxygens (including phenoxy) is 1. The predicted molar refractivity (Wildman–Crippen MR) is 80.6 cm³/mol. The van der Waals surface area contributed by atoms with Gasteiger partial charge in [0.25, 0.3) is 6.43 Å². The highest BCUT2D eigenvalue weighted by Crippen LogP contribution is 2.34. The van der Waals surface area contributed by atoms with E-state index >= 15 is 0 Å². The summed E-state index contributed by atoms with van der Waals surface area (Å²) in [5.74, 6) is -3.38. The molecular weight excluding hydrogens is 342 g/mol. The highest BCUT2D eigenvalue weighted by molar-refractivity contribution is 8.01. The Morgan fingerprint density at radius 2 is 1.86 bits per heavy atom. The lowest BCUT2D eigenvalue weighted by molar-refractivity contribution is 0.0777. The average molecular weight is 359 g/mol. The molecular formula is C13H17F4NO2S2. The van der Waals surface area contributed by atoms with Crippen LogP contribution in [0.5, 0.6) is 5.75 Å². The van der Waals surface area contributed by atoms with Crippen molar-refractivity contribution < 1.29 is 26.5 Å². The molecule has 0 aliphatic rings. The average Bonchev–Trinajstić information content (AvgIpc) is 2.36. The quantitative estimate of drug-likeness (QED) is 0.579. The molecule has 22 heavy (non-hydrogen) atoms. The second-order valence-electron chi connectivity index (χ2n) is 5.09. The third kappa shape index (κ3) is 5.13. The molecule has 0 bridgehead atoms. The first-order valence-electron chi connectivity index (χ1n) is 6.33. The van der Waals surface area contributed by atoms with Gasteiger partial charge in [-0.05, 0) is 37.0 Å². The van der Waals surface area contributed by atoms with Crippen LogP contribution in [0.4, 0.5) is 17.6 Å². The minimum atomic E-state index is -2.83. The Bertz CT molecular complexity index is 532. The van der Waals surface area contributed by atoms with Gasteiger partial charge < -0.3 is 4.74 Å². The number of benzene rings is 1. The second kappa shape index (κ2) is 7.65. The number of alkyl halides is 2. The zero-order valence-electron chi connectivity index (χ0n) is 12.0. The van der Waals surface area contributed by atoms with E-state index < -0.39 is 51.4 Å². The van der Waals surface area contributed by atoms with Crippen molar-refractivity contribution in [3.63, 3.8) is 0 Å². The van der Waals surface area contributed by atoms with E-state index in [0.717, 1.165) is 12.1 Å². The van der Waals surface area contributed by atoms with Gasteiger partial charge in [0.15, 0.2) is 17.4 Å². The zero-order valence-corrected chi connectivity index (χ0v) is 13.7. The molecule has 0 amide bonds. The minimum Gasteiger partial charge on any atom is -0.482 e. The van der Waals surface area contributed by atoms with Gasteiger partial charge in [0, 0.05) is 0 Å². The van der Waals surface area contributed by atoms with Crippen LogP contribution in [0.1, 0.15) is 31.7 Å². The molecule has 3 unspecified atom stereocenters. The van der Waals surface area contributed by atoms with Gasteiger partial charge in [-0.1, -0.05) is 6.92 Å². The van der Waals surface area contributed by atoms with E-state index in [0.29, 0.717) is 0 Å². The number of nitrogens with two attached hydrogens (primary N) is 1. The monoisotopic (exact) mass is 359 g/mol. The summed E-state index contributed by atoms with van der Waals surface area (Å²) >= 11 is 4.18. The van der Waals surface area contributed by atoms with Crippen molar-refractivity contribution in [3.8, 4) is 5.75 Å². The molecule has 1 aromatic rings. The summed E-state index contributed by atoms with van der Waals surface area (Å²) in [6.45, 7) is 2.12. The van der Waals surface area contributed by atoms with E-state index in [2.05, 4.69) is 17.4 Å². The summed E-state index contributed by atoms with van der Waals surface area (Å²) in [6, 6.07) is 2.00. The van der Waals surface area contributed by atoms with Crippen molar-refractivity contribution in [1.82, 2.24) is 0 Å². The molecule has 0 radical (unpaired) electrons. The molecule has 126 valence electrons. The molecule has 2 N–H and O–H groups in total. The highest BCUT2D eigenvalue weighted by Gasteiger charge is 2.28. The first kappa shape index (κ1) is 19.2. The normalized spacial score (nSPS) is 17.1. The van der Waals surface area contributed by atoms with Crippen LogP contribution in [0, 0.1) is 11.6 Å². The molecule has 0 spiro atoms. The number of hydrogen-bond acceptors (Lipinski definition) is 3. The minimum absolute atomic E-state index is 0.204. The van der Waals surface area contributed by atoms with Gasteiger partial charge in [-0.2, -0.15) is 12.6 Å². The van der Waals surface area contributed by atoms with E-state index in [1.54, 1.807) is 13.8 Å². The van der Waals surface area contributed by atoms with E-state index in [1.807, 2.05) is 0 Å². The maximum atomic E-state index is 13.8. The summed E-state index contributed by atoms with van der Waals surface area (Å²) < 4.78 is 66.4. The lowest BCUT2D eigenvalue weighted by Gasteiger charge is -2.24. The van der Waals surface area contributed by atoms with Crippen molar-refractivity contribution in [2.24, 2.45) is 5.14 Å². The molecule has 0 heterocycles. The molecule has 0 saturated carbocycles. The third-order valence-electron chi connectivity index (χ3n) is 3.06. The first-order chi connectivity index (χ1) is 10.0. The van der Waals surface area contributed by atoms with E-state index in [9.17, 15) is 21.8 Å². The van der Waals surface area contributed by atoms with Gasteiger partial charge in [0.1, 0.15) is 17.6 Å². The van der Waals surface area contributed by atoms with Crippen molar-refractivity contribution in [1.29, 1.82) is 0 Å². The summed E-state index contributed by atoms with van der Waals surface area (Å²) in [4.78, 5) is 0. The Kier molecular flexibility index (Phi) is 6.69. The van der Waals surface area contributed by atoms with Crippen molar-refractivity contribution in [2.75, 3.05) is 6.61 Å². The molecule has 0 aromatic heterocycles. The molecule has 0 saturated heterocycles. The second-order valence-corrected chi connectivity index (χ2v) is 7.88. The lowest BCUT2D eigenvalue weighted by atomic mass is 9.95. The lowest BCUT2D eigenvalue weighted by Crippen LogP contribution is -2.30. The van der Waals surface area contributed by atoms with Gasteiger partial charge >= 0.3 is 0 Å². The summed E-state index contributed by atoms with van der Waals surface area (Å²) in [5, 5.41) is 5.30. The van der Waals surface area contributed by atoms with Crippen LogP contribution < -0.4 is 9.88 Å². The van der Waals surface area contributed by atoms with E-state index in [-0.39, 0.29) is 12.0 Å². The van der Waals surface area contributed by atoms with Crippen molar-refractivity contribution >= 4 is 23.6 Å². The van der Waals surface area contributed by atoms with E-state index in [1.165, 1.54) is 0 Å². The fraction of sp³-hybridized carbons (Fsp3) is 0.538. The van der Waals surface area contributed by atoms with Crippen LogP contribution in [0.3, 0.4) is 0 Å². The smallest absolute Gasteiger partial charge is 0.272 e. The molecule has 0 aliphatic heterocycles. The SMILES string of the molecule is CC(CC(C)(S)S(N)=O)c1cc(F)c(OCC(F)F)c(F)c1. The van der Waals surface area contributed by atoms with Gasteiger partial charge in [-0.15, -0.1) is 0 Å². The molecule has 0 aliphatic carbocycles. The van der Waals surface area contributed by atoms with Crippen LogP contribution in [0.25, 0.3) is 0 Å². The third-order valence-corrected chi connectivity index (χ3v) is 4.82. The maximum absolute atomic E-state index is 13.8. The fourth-order valence-corrected chi connectivity index (χ4v) is 2.60. The topological polar surface area (TPSA) is 52.3 Å². The molecule has 9 heteroatoms. The summed E-state index contributed by atoms with van der Waals surface area (Å²) in [6.07, 6.45) is -2.63. The molecule has 1 rings (SSSR count). The summed E-state index contributed by atoms with van der Waals surface area (Å²) in [5.41, 5.74) is 0.269. The maximum Gasteiger partial charge on any atom is 0.272 e. The molecule has 3 nitrogen and oxygen atoms in total. The van der Waals surface area contributed by atoms with Crippen LogP contribution in [-0.2, 0) is 11.0 Å². The van der Waals surface area contributed by atoms with Gasteiger partial charge in [0.2, 0.25) is 0 Å². The van der Waals surface area contributed by atoms with Crippen LogP contribution in [-0.4, -0.2) is 21.3 Å². The van der Waals surface area contributed by atoms with Crippen LogP contribution >= 0.6 is 12.6 Å². The van der Waals surface area contributed by atoms with Crippen molar-refractivity contribution in [2.45, 2.75) is 36.7 Å². The number of rotatable bonds is 7. The Morgan fingerprint density at radius 3 is 2.27 bits per heavy atom.